The maximum absolute atomic E-state index is 13.4. The summed E-state index contributed by atoms with van der Waals surface area (Å²) in [6, 6.07) is 3.27. The summed E-state index contributed by atoms with van der Waals surface area (Å²) >= 11 is 0. The zero-order valence-electron chi connectivity index (χ0n) is 9.63. The highest BCUT2D eigenvalue weighted by Gasteiger charge is 2.18. The number of benzene rings is 1. The van der Waals surface area contributed by atoms with Gasteiger partial charge in [0.25, 0.3) is 5.91 Å². The second kappa shape index (κ2) is 4.95. The van der Waals surface area contributed by atoms with Gasteiger partial charge in [0.05, 0.1) is 6.20 Å². The Morgan fingerprint density at radius 3 is 2.67 bits per heavy atom. The number of aromatic nitrogens is 2. The quantitative estimate of drug-likeness (QED) is 0.880. The Morgan fingerprint density at radius 2 is 2.06 bits per heavy atom. The summed E-state index contributed by atoms with van der Waals surface area (Å²) in [6.07, 6.45) is 2.19. The van der Waals surface area contributed by atoms with Crippen LogP contribution in [-0.2, 0) is 6.42 Å². The predicted octanol–water partition coefficient (Wildman–Crippen LogP) is 2.50. The number of aromatic amines is 1. The first kappa shape index (κ1) is 12.2. The molecule has 0 aliphatic heterocycles. The molecule has 2 rings (SSSR count). The number of carbonyl (C=O) groups is 1. The van der Waals surface area contributed by atoms with Crippen LogP contribution in [0.15, 0.2) is 24.4 Å². The highest BCUT2D eigenvalue weighted by atomic mass is 19.1. The molecule has 2 aromatic rings. The number of amides is 1. The zero-order valence-corrected chi connectivity index (χ0v) is 9.63. The summed E-state index contributed by atoms with van der Waals surface area (Å²) in [4.78, 5) is 11.8. The molecule has 0 saturated carbocycles. The van der Waals surface area contributed by atoms with Crippen molar-refractivity contribution in [3.8, 4) is 0 Å². The monoisotopic (exact) mass is 251 g/mol. The van der Waals surface area contributed by atoms with Gasteiger partial charge in [-0.25, -0.2) is 8.78 Å². The number of carbonyl (C=O) groups excluding carboxylic acids is 1. The Morgan fingerprint density at radius 1 is 1.39 bits per heavy atom. The fourth-order valence-corrected chi connectivity index (χ4v) is 1.58. The Labute approximate surface area is 102 Å². The van der Waals surface area contributed by atoms with Crippen LogP contribution in [0.25, 0.3) is 0 Å². The lowest BCUT2D eigenvalue weighted by molar-refractivity contribution is 0.101. The SMILES string of the molecule is CCc1cn[nH]c1NC(=O)c1c(F)cccc1F. The van der Waals surface area contributed by atoms with Crippen LogP contribution in [0.1, 0.15) is 22.8 Å². The van der Waals surface area contributed by atoms with Gasteiger partial charge in [-0.1, -0.05) is 13.0 Å². The molecule has 0 fully saturated rings. The Balaban J connectivity index is 2.28. The smallest absolute Gasteiger partial charge is 0.262 e. The number of nitrogens with one attached hydrogen (secondary N) is 2. The molecule has 0 aliphatic carbocycles. The minimum absolute atomic E-state index is 0.352. The van der Waals surface area contributed by atoms with Gasteiger partial charge >= 0.3 is 0 Å². The Hall–Kier alpha value is -2.24. The maximum Gasteiger partial charge on any atom is 0.262 e. The van der Waals surface area contributed by atoms with Gasteiger partial charge in [-0.2, -0.15) is 5.10 Å². The molecule has 6 heteroatoms. The van der Waals surface area contributed by atoms with Gasteiger partial charge in [0.2, 0.25) is 0 Å². The summed E-state index contributed by atoms with van der Waals surface area (Å²) in [5.74, 6) is -2.29. The molecule has 18 heavy (non-hydrogen) atoms. The molecule has 0 spiro atoms. The average molecular weight is 251 g/mol. The number of nitrogens with zero attached hydrogens (tertiary/aromatic N) is 1. The van der Waals surface area contributed by atoms with E-state index in [9.17, 15) is 13.6 Å². The van der Waals surface area contributed by atoms with E-state index in [-0.39, 0.29) is 0 Å². The van der Waals surface area contributed by atoms with Crippen LogP contribution >= 0.6 is 0 Å². The zero-order chi connectivity index (χ0) is 13.1. The summed E-state index contributed by atoms with van der Waals surface area (Å²) in [7, 11) is 0. The molecular formula is C12H11F2N3O. The van der Waals surface area contributed by atoms with Crippen LogP contribution in [0.5, 0.6) is 0 Å². The lowest BCUT2D eigenvalue weighted by Gasteiger charge is -2.06. The van der Waals surface area contributed by atoms with Gasteiger partial charge in [-0.3, -0.25) is 9.89 Å². The van der Waals surface area contributed by atoms with Crippen molar-refractivity contribution in [2.75, 3.05) is 5.32 Å². The van der Waals surface area contributed by atoms with Gasteiger partial charge < -0.3 is 5.32 Å². The molecule has 1 heterocycles. The van der Waals surface area contributed by atoms with E-state index in [1.54, 1.807) is 6.20 Å². The number of halogens is 2. The van der Waals surface area contributed by atoms with Gasteiger partial charge in [0, 0.05) is 5.56 Å². The number of hydrogen-bond acceptors (Lipinski definition) is 2. The van der Waals surface area contributed by atoms with Crippen molar-refractivity contribution in [3.05, 3.63) is 47.2 Å². The third-order valence-corrected chi connectivity index (χ3v) is 2.53. The van der Waals surface area contributed by atoms with E-state index in [0.29, 0.717) is 12.2 Å². The molecule has 1 amide bonds. The van der Waals surface area contributed by atoms with Crippen LogP contribution in [0.3, 0.4) is 0 Å². The minimum atomic E-state index is -0.898. The van der Waals surface area contributed by atoms with Crippen molar-refractivity contribution < 1.29 is 13.6 Å². The van der Waals surface area contributed by atoms with Crippen LogP contribution in [-0.4, -0.2) is 16.1 Å². The molecule has 1 aromatic heterocycles. The first-order chi connectivity index (χ1) is 8.63. The Kier molecular flexibility index (Phi) is 3.36. The molecule has 1 aromatic carbocycles. The summed E-state index contributed by atoms with van der Waals surface area (Å²) in [6.45, 7) is 1.88. The van der Waals surface area contributed by atoms with Crippen LogP contribution < -0.4 is 5.32 Å². The molecule has 0 aliphatic rings. The largest absolute Gasteiger partial charge is 0.307 e. The first-order valence-electron chi connectivity index (χ1n) is 5.41. The van der Waals surface area contributed by atoms with E-state index in [0.717, 1.165) is 17.7 Å². The second-order valence-corrected chi connectivity index (χ2v) is 3.67. The molecule has 0 bridgehead atoms. The highest BCUT2D eigenvalue weighted by Crippen LogP contribution is 2.16. The predicted molar refractivity (Wildman–Crippen MR) is 62.3 cm³/mol. The van der Waals surface area contributed by atoms with Crippen molar-refractivity contribution in [2.24, 2.45) is 0 Å². The molecule has 0 unspecified atom stereocenters. The maximum atomic E-state index is 13.4. The van der Waals surface area contributed by atoms with Crippen LogP contribution in [0.4, 0.5) is 14.6 Å². The molecule has 2 N–H and O–H groups in total. The minimum Gasteiger partial charge on any atom is -0.307 e. The fourth-order valence-electron chi connectivity index (χ4n) is 1.58. The van der Waals surface area contributed by atoms with E-state index in [2.05, 4.69) is 15.5 Å². The second-order valence-electron chi connectivity index (χ2n) is 3.67. The normalized spacial score (nSPS) is 10.4. The lowest BCUT2D eigenvalue weighted by Crippen LogP contribution is -2.16. The standard InChI is InChI=1S/C12H11F2N3O/c1-2-7-6-15-17-11(7)16-12(18)10-8(13)4-3-5-9(10)14/h3-6H,2H2,1H3,(H2,15,16,17,18). The number of H-pyrrole nitrogens is 1. The van der Waals surface area contributed by atoms with Crippen molar-refractivity contribution in [1.29, 1.82) is 0 Å². The van der Waals surface area contributed by atoms with E-state index in [1.165, 1.54) is 6.07 Å². The lowest BCUT2D eigenvalue weighted by atomic mass is 10.2. The average Bonchev–Trinajstić information content (AvgIpc) is 2.76. The van der Waals surface area contributed by atoms with Crippen molar-refractivity contribution >= 4 is 11.7 Å². The summed E-state index contributed by atoms with van der Waals surface area (Å²) < 4.78 is 26.8. The molecule has 0 saturated heterocycles. The first-order valence-corrected chi connectivity index (χ1v) is 5.41. The van der Waals surface area contributed by atoms with Crippen molar-refractivity contribution in [3.63, 3.8) is 0 Å². The Bertz CT molecular complexity index is 560. The van der Waals surface area contributed by atoms with Gasteiger partial charge in [0.1, 0.15) is 23.0 Å². The fraction of sp³-hybridized carbons (Fsp3) is 0.167. The van der Waals surface area contributed by atoms with Gasteiger partial charge in [-0.15, -0.1) is 0 Å². The van der Waals surface area contributed by atoms with E-state index in [4.69, 9.17) is 0 Å². The van der Waals surface area contributed by atoms with Crippen molar-refractivity contribution in [2.45, 2.75) is 13.3 Å². The number of aryl methyl sites for hydroxylation is 1. The van der Waals surface area contributed by atoms with Crippen LogP contribution in [0, 0.1) is 11.6 Å². The third kappa shape index (κ3) is 2.22. The summed E-state index contributed by atoms with van der Waals surface area (Å²) in [5, 5.41) is 8.73. The van der Waals surface area contributed by atoms with Gasteiger partial charge in [0.15, 0.2) is 0 Å². The molecule has 0 atom stereocenters. The van der Waals surface area contributed by atoms with E-state index < -0.39 is 23.1 Å². The molecular weight excluding hydrogens is 240 g/mol. The van der Waals surface area contributed by atoms with Crippen LogP contribution in [0.2, 0.25) is 0 Å². The molecule has 4 nitrogen and oxygen atoms in total. The molecule has 0 radical (unpaired) electrons. The van der Waals surface area contributed by atoms with Crippen molar-refractivity contribution in [1.82, 2.24) is 10.2 Å². The highest BCUT2D eigenvalue weighted by molar-refractivity contribution is 6.04. The van der Waals surface area contributed by atoms with Gasteiger partial charge in [-0.05, 0) is 18.6 Å². The third-order valence-electron chi connectivity index (χ3n) is 2.53. The topological polar surface area (TPSA) is 57.8 Å². The number of hydrogen-bond donors (Lipinski definition) is 2. The summed E-state index contributed by atoms with van der Waals surface area (Å²) in [5.41, 5.74) is 0.161. The van der Waals surface area contributed by atoms with E-state index in [1.807, 2.05) is 6.92 Å². The molecule has 94 valence electrons. The van der Waals surface area contributed by atoms with E-state index >= 15 is 0 Å². The number of anilines is 1. The number of rotatable bonds is 3.